The predicted octanol–water partition coefficient (Wildman–Crippen LogP) is 2.94. The molecule has 26 heavy (non-hydrogen) atoms. The minimum atomic E-state index is -0.557. The Hall–Kier alpha value is -3.35. The van der Waals surface area contributed by atoms with Gasteiger partial charge in [0.05, 0.1) is 45.0 Å². The molecule has 0 bridgehead atoms. The lowest BCUT2D eigenvalue weighted by molar-refractivity contribution is 0.327. The van der Waals surface area contributed by atoms with E-state index >= 15 is 0 Å². The van der Waals surface area contributed by atoms with E-state index in [1.54, 1.807) is 24.3 Å². The molecule has 0 aliphatic carbocycles. The molecule has 2 aromatic carbocycles. The molecule has 0 spiro atoms. The van der Waals surface area contributed by atoms with Crippen LogP contribution in [0.4, 0.5) is 0 Å². The van der Waals surface area contributed by atoms with Gasteiger partial charge in [0.1, 0.15) is 5.75 Å². The van der Waals surface area contributed by atoms with Gasteiger partial charge >= 0.3 is 0 Å². The number of benzene rings is 2. The van der Waals surface area contributed by atoms with Crippen LogP contribution in [0, 0.1) is 0 Å². The number of hydrogen-bond acceptors (Lipinski definition) is 6. The average molecular weight is 357 g/mol. The Morgan fingerprint density at radius 1 is 0.885 bits per heavy atom. The van der Waals surface area contributed by atoms with E-state index < -0.39 is 11.2 Å². The third-order valence-corrected chi connectivity index (χ3v) is 4.15. The second-order valence-corrected chi connectivity index (χ2v) is 5.45. The van der Waals surface area contributed by atoms with Crippen molar-refractivity contribution >= 4 is 10.9 Å². The third-order valence-electron chi connectivity index (χ3n) is 4.15. The molecule has 7 heteroatoms. The van der Waals surface area contributed by atoms with Crippen molar-refractivity contribution in [1.29, 1.82) is 0 Å². The number of aromatic hydroxyl groups is 1. The summed E-state index contributed by atoms with van der Waals surface area (Å²) in [5, 5.41) is 10.7. The van der Waals surface area contributed by atoms with Crippen molar-refractivity contribution in [2.24, 2.45) is 0 Å². The molecule has 0 aliphatic heterocycles. The van der Waals surface area contributed by atoms with E-state index in [4.69, 9.17) is 18.9 Å². The van der Waals surface area contributed by atoms with Gasteiger partial charge in [-0.05, 0) is 18.2 Å². The molecule has 2 N–H and O–H groups in total. The molecule has 0 unspecified atom stereocenters. The Morgan fingerprint density at radius 2 is 1.54 bits per heavy atom. The zero-order chi connectivity index (χ0) is 18.8. The molecule has 0 saturated carbocycles. The van der Waals surface area contributed by atoms with E-state index in [-0.39, 0.29) is 11.1 Å². The summed E-state index contributed by atoms with van der Waals surface area (Å²) >= 11 is 0. The van der Waals surface area contributed by atoms with Gasteiger partial charge in [0.15, 0.2) is 17.2 Å². The van der Waals surface area contributed by atoms with Crippen molar-refractivity contribution in [3.8, 4) is 40.0 Å². The zero-order valence-electron chi connectivity index (χ0n) is 14.9. The number of rotatable bonds is 5. The third kappa shape index (κ3) is 2.57. The SMILES string of the molecule is COc1ccccc1-c1[nH]c2c(OC)c(OC)c(OC)cc2c(=O)c1O. The molecule has 3 aromatic rings. The fourth-order valence-corrected chi connectivity index (χ4v) is 2.93. The van der Waals surface area contributed by atoms with Crippen molar-refractivity contribution in [1.82, 2.24) is 4.98 Å². The minimum absolute atomic E-state index is 0.218. The molecule has 0 saturated heterocycles. The number of fused-ring (bicyclic) bond motifs is 1. The highest BCUT2D eigenvalue weighted by molar-refractivity contribution is 5.93. The van der Waals surface area contributed by atoms with Gasteiger partial charge in [-0.25, -0.2) is 0 Å². The van der Waals surface area contributed by atoms with Gasteiger partial charge in [-0.3, -0.25) is 4.79 Å². The smallest absolute Gasteiger partial charge is 0.231 e. The second kappa shape index (κ2) is 6.87. The Kier molecular flexibility index (Phi) is 4.62. The summed E-state index contributed by atoms with van der Waals surface area (Å²) in [6.07, 6.45) is 0. The van der Waals surface area contributed by atoms with Crippen LogP contribution in [0.1, 0.15) is 0 Å². The number of H-pyrrole nitrogens is 1. The minimum Gasteiger partial charge on any atom is -0.503 e. The molecular weight excluding hydrogens is 338 g/mol. The van der Waals surface area contributed by atoms with Crippen LogP contribution in [-0.2, 0) is 0 Å². The van der Waals surface area contributed by atoms with Crippen molar-refractivity contribution in [2.45, 2.75) is 0 Å². The highest BCUT2D eigenvalue weighted by Gasteiger charge is 2.22. The van der Waals surface area contributed by atoms with Gasteiger partial charge in [-0.15, -0.1) is 0 Å². The fourth-order valence-electron chi connectivity index (χ4n) is 2.93. The van der Waals surface area contributed by atoms with Crippen LogP contribution in [-0.4, -0.2) is 38.5 Å². The van der Waals surface area contributed by atoms with E-state index in [9.17, 15) is 9.90 Å². The number of nitrogens with one attached hydrogen (secondary N) is 1. The topological polar surface area (TPSA) is 90.0 Å². The molecule has 3 rings (SSSR count). The molecular formula is C19H19NO6. The van der Waals surface area contributed by atoms with Crippen molar-refractivity contribution in [2.75, 3.05) is 28.4 Å². The molecule has 0 aliphatic rings. The Morgan fingerprint density at radius 3 is 2.15 bits per heavy atom. The Labute approximate surface area is 149 Å². The van der Waals surface area contributed by atoms with Crippen LogP contribution in [0.2, 0.25) is 0 Å². The van der Waals surface area contributed by atoms with E-state index in [1.807, 2.05) is 0 Å². The van der Waals surface area contributed by atoms with E-state index in [2.05, 4.69) is 4.98 Å². The van der Waals surface area contributed by atoms with Crippen LogP contribution in [0.15, 0.2) is 35.1 Å². The molecule has 0 fully saturated rings. The average Bonchev–Trinajstić information content (AvgIpc) is 2.69. The Balaban J connectivity index is 2.45. The summed E-state index contributed by atoms with van der Waals surface area (Å²) in [5.41, 5.74) is 0.599. The predicted molar refractivity (Wildman–Crippen MR) is 97.9 cm³/mol. The zero-order valence-corrected chi connectivity index (χ0v) is 14.9. The summed E-state index contributed by atoms with van der Waals surface area (Å²) in [4.78, 5) is 15.9. The first-order valence-electron chi connectivity index (χ1n) is 7.78. The lowest BCUT2D eigenvalue weighted by atomic mass is 10.1. The second-order valence-electron chi connectivity index (χ2n) is 5.45. The molecule has 136 valence electrons. The largest absolute Gasteiger partial charge is 0.503 e. The van der Waals surface area contributed by atoms with Crippen LogP contribution in [0.5, 0.6) is 28.7 Å². The van der Waals surface area contributed by atoms with Gasteiger partial charge in [0.2, 0.25) is 11.2 Å². The van der Waals surface area contributed by atoms with Crippen LogP contribution in [0.3, 0.4) is 0 Å². The summed E-state index contributed by atoms with van der Waals surface area (Å²) < 4.78 is 21.4. The summed E-state index contributed by atoms with van der Waals surface area (Å²) in [7, 11) is 5.92. The maximum Gasteiger partial charge on any atom is 0.231 e. The number of hydrogen-bond donors (Lipinski definition) is 2. The fraction of sp³-hybridized carbons (Fsp3) is 0.211. The van der Waals surface area contributed by atoms with Crippen molar-refractivity contribution < 1.29 is 24.1 Å². The van der Waals surface area contributed by atoms with E-state index in [0.29, 0.717) is 34.1 Å². The maximum absolute atomic E-state index is 12.8. The number of methoxy groups -OCH3 is 4. The first-order chi connectivity index (χ1) is 12.6. The first kappa shape index (κ1) is 17.5. The van der Waals surface area contributed by atoms with E-state index in [0.717, 1.165) is 0 Å². The van der Waals surface area contributed by atoms with Gasteiger partial charge in [-0.1, -0.05) is 12.1 Å². The van der Waals surface area contributed by atoms with Crippen LogP contribution >= 0.6 is 0 Å². The maximum atomic E-state index is 12.8. The van der Waals surface area contributed by atoms with Gasteiger partial charge < -0.3 is 29.0 Å². The number of aromatic amines is 1. The lowest BCUT2D eigenvalue weighted by Gasteiger charge is -2.16. The van der Waals surface area contributed by atoms with Gasteiger partial charge in [-0.2, -0.15) is 0 Å². The standard InChI is InChI=1S/C19H19NO6/c1-23-12-8-6-5-7-10(12)14-17(22)16(21)11-9-13(24-2)18(25-3)19(26-4)15(11)20-14/h5-9,22H,1-4H3,(H,20,21). The first-order valence-corrected chi connectivity index (χ1v) is 7.78. The van der Waals surface area contributed by atoms with Crippen LogP contribution in [0.25, 0.3) is 22.2 Å². The summed E-state index contributed by atoms with van der Waals surface area (Å²) in [6.45, 7) is 0. The monoisotopic (exact) mass is 357 g/mol. The van der Waals surface area contributed by atoms with Crippen LogP contribution < -0.4 is 24.4 Å². The molecule has 1 aromatic heterocycles. The molecule has 1 heterocycles. The number of ether oxygens (including phenoxy) is 4. The summed E-state index contributed by atoms with van der Waals surface area (Å²) in [6, 6.07) is 8.56. The van der Waals surface area contributed by atoms with Gasteiger partial charge in [0, 0.05) is 5.56 Å². The number of aromatic nitrogens is 1. The van der Waals surface area contributed by atoms with Crippen molar-refractivity contribution in [3.63, 3.8) is 0 Å². The van der Waals surface area contributed by atoms with Crippen molar-refractivity contribution in [3.05, 3.63) is 40.6 Å². The molecule has 0 atom stereocenters. The molecule has 7 nitrogen and oxygen atoms in total. The lowest BCUT2D eigenvalue weighted by Crippen LogP contribution is -2.08. The molecule has 0 amide bonds. The Bertz CT molecular complexity index is 1020. The number of para-hydroxylation sites is 1. The highest BCUT2D eigenvalue weighted by atomic mass is 16.5. The quantitative estimate of drug-likeness (QED) is 0.730. The highest BCUT2D eigenvalue weighted by Crippen LogP contribution is 2.43. The normalized spacial score (nSPS) is 10.6. The molecule has 0 radical (unpaired) electrons. The van der Waals surface area contributed by atoms with Gasteiger partial charge in [0.25, 0.3) is 0 Å². The van der Waals surface area contributed by atoms with E-state index in [1.165, 1.54) is 34.5 Å². The number of pyridine rings is 1. The summed E-state index contributed by atoms with van der Waals surface area (Å²) in [5.74, 6) is 1.06.